The third-order valence-electron chi connectivity index (χ3n) is 2.20. The molecule has 1 aromatic heterocycles. The highest BCUT2D eigenvalue weighted by Gasteiger charge is 2.14. The fraction of sp³-hybridized carbons (Fsp3) is 0.0833. The normalized spacial score (nSPS) is 10.2. The Labute approximate surface area is 104 Å². The maximum atomic E-state index is 6.16. The molecule has 1 aromatic carbocycles. The second-order valence-corrected chi connectivity index (χ2v) is 3.94. The van der Waals surface area contributed by atoms with E-state index in [-0.39, 0.29) is 0 Å². The highest BCUT2D eigenvalue weighted by molar-refractivity contribution is 6.44. The minimum atomic E-state index is 0.458. The maximum absolute atomic E-state index is 6.16. The second kappa shape index (κ2) is 4.73. The first kappa shape index (κ1) is 11.2. The number of methoxy groups -OCH3 is 1. The summed E-state index contributed by atoms with van der Waals surface area (Å²) in [6.07, 6.45) is 1.70. The lowest BCUT2D eigenvalue weighted by Crippen LogP contribution is -1.91. The molecule has 0 radical (unpaired) electrons. The Morgan fingerprint density at radius 2 is 1.94 bits per heavy atom. The van der Waals surface area contributed by atoms with Crippen molar-refractivity contribution in [2.24, 2.45) is 0 Å². The zero-order valence-corrected chi connectivity index (χ0v) is 10.1. The van der Waals surface area contributed by atoms with Crippen molar-refractivity contribution in [1.29, 1.82) is 0 Å². The molecule has 2 rings (SSSR count). The maximum Gasteiger partial charge on any atom is 0.129 e. The van der Waals surface area contributed by atoms with E-state index in [0.717, 1.165) is 11.3 Å². The topological polar surface area (TPSA) is 22.1 Å². The molecule has 0 fully saturated rings. The SMILES string of the molecule is COc1ccc(Cl)c(Cl)c1-c1ccccn1. The highest BCUT2D eigenvalue weighted by Crippen LogP contribution is 2.39. The van der Waals surface area contributed by atoms with Crippen LogP contribution in [0, 0.1) is 0 Å². The highest BCUT2D eigenvalue weighted by atomic mass is 35.5. The van der Waals surface area contributed by atoms with Crippen LogP contribution in [-0.2, 0) is 0 Å². The molecule has 0 aliphatic rings. The van der Waals surface area contributed by atoms with Gasteiger partial charge in [0.15, 0.2) is 0 Å². The number of hydrogen-bond acceptors (Lipinski definition) is 2. The Balaban J connectivity index is 2.67. The molecule has 0 amide bonds. The first-order chi connectivity index (χ1) is 7.74. The fourth-order valence-electron chi connectivity index (χ4n) is 1.45. The van der Waals surface area contributed by atoms with E-state index < -0.39 is 0 Å². The Bertz CT molecular complexity index is 500. The van der Waals surface area contributed by atoms with Gasteiger partial charge in [-0.15, -0.1) is 0 Å². The molecule has 2 aromatic rings. The molecular weight excluding hydrogens is 245 g/mol. The molecule has 0 N–H and O–H groups in total. The van der Waals surface area contributed by atoms with Gasteiger partial charge in [-0.3, -0.25) is 4.98 Å². The van der Waals surface area contributed by atoms with Gasteiger partial charge >= 0.3 is 0 Å². The molecule has 2 nitrogen and oxygen atoms in total. The Kier molecular flexibility index (Phi) is 3.32. The van der Waals surface area contributed by atoms with Gasteiger partial charge in [0, 0.05) is 6.20 Å². The van der Waals surface area contributed by atoms with Crippen LogP contribution >= 0.6 is 23.2 Å². The zero-order valence-electron chi connectivity index (χ0n) is 8.58. The minimum Gasteiger partial charge on any atom is -0.496 e. The third kappa shape index (κ3) is 1.99. The zero-order chi connectivity index (χ0) is 11.5. The summed E-state index contributed by atoms with van der Waals surface area (Å²) in [6.45, 7) is 0. The van der Waals surface area contributed by atoms with Crippen LogP contribution in [0.5, 0.6) is 5.75 Å². The minimum absolute atomic E-state index is 0.458. The van der Waals surface area contributed by atoms with E-state index in [1.54, 1.807) is 25.4 Å². The molecular formula is C12H9Cl2NO. The van der Waals surface area contributed by atoms with Crippen LogP contribution < -0.4 is 4.74 Å². The molecule has 0 spiro atoms. The number of aromatic nitrogens is 1. The first-order valence-electron chi connectivity index (χ1n) is 4.67. The van der Waals surface area contributed by atoms with Crippen molar-refractivity contribution < 1.29 is 4.74 Å². The molecule has 0 saturated heterocycles. The summed E-state index contributed by atoms with van der Waals surface area (Å²) in [5.74, 6) is 0.660. The summed E-state index contributed by atoms with van der Waals surface area (Å²) in [6, 6.07) is 9.07. The molecule has 0 atom stereocenters. The van der Waals surface area contributed by atoms with Crippen molar-refractivity contribution in [1.82, 2.24) is 4.98 Å². The number of benzene rings is 1. The lowest BCUT2D eigenvalue weighted by atomic mass is 10.1. The van der Waals surface area contributed by atoms with Crippen LogP contribution in [0.3, 0.4) is 0 Å². The Hall–Kier alpha value is -1.25. The average molecular weight is 254 g/mol. The summed E-state index contributed by atoms with van der Waals surface area (Å²) in [5.41, 5.74) is 1.46. The number of hydrogen-bond donors (Lipinski definition) is 0. The number of rotatable bonds is 2. The number of nitrogens with zero attached hydrogens (tertiary/aromatic N) is 1. The van der Waals surface area contributed by atoms with Crippen LogP contribution in [-0.4, -0.2) is 12.1 Å². The van der Waals surface area contributed by atoms with Crippen LogP contribution in [0.4, 0.5) is 0 Å². The van der Waals surface area contributed by atoms with Gasteiger partial charge in [0.05, 0.1) is 28.4 Å². The van der Waals surface area contributed by atoms with Crippen LogP contribution in [0.25, 0.3) is 11.3 Å². The van der Waals surface area contributed by atoms with Gasteiger partial charge in [-0.25, -0.2) is 0 Å². The van der Waals surface area contributed by atoms with E-state index in [1.807, 2.05) is 18.2 Å². The largest absolute Gasteiger partial charge is 0.496 e. The number of pyridine rings is 1. The molecule has 4 heteroatoms. The summed E-state index contributed by atoms with van der Waals surface area (Å²) < 4.78 is 5.25. The van der Waals surface area contributed by atoms with Crippen LogP contribution in [0.15, 0.2) is 36.5 Å². The van der Waals surface area contributed by atoms with Crippen LogP contribution in [0.1, 0.15) is 0 Å². The average Bonchev–Trinajstić information content (AvgIpc) is 2.33. The van der Waals surface area contributed by atoms with Crippen molar-refractivity contribution in [3.05, 3.63) is 46.6 Å². The van der Waals surface area contributed by atoms with E-state index in [4.69, 9.17) is 27.9 Å². The molecule has 0 aliphatic carbocycles. The van der Waals surface area contributed by atoms with Crippen molar-refractivity contribution in [2.45, 2.75) is 0 Å². The number of halogens is 2. The molecule has 16 heavy (non-hydrogen) atoms. The van der Waals surface area contributed by atoms with Crippen LogP contribution in [0.2, 0.25) is 10.0 Å². The summed E-state index contributed by atoms with van der Waals surface area (Å²) >= 11 is 12.1. The molecule has 1 heterocycles. The van der Waals surface area contributed by atoms with Gasteiger partial charge in [0.25, 0.3) is 0 Å². The third-order valence-corrected chi connectivity index (χ3v) is 3.00. The fourth-order valence-corrected chi connectivity index (χ4v) is 1.86. The van der Waals surface area contributed by atoms with Gasteiger partial charge in [-0.2, -0.15) is 0 Å². The van der Waals surface area contributed by atoms with Crippen molar-refractivity contribution in [2.75, 3.05) is 7.11 Å². The van der Waals surface area contributed by atoms with E-state index in [2.05, 4.69) is 4.98 Å². The van der Waals surface area contributed by atoms with Gasteiger partial charge in [0.1, 0.15) is 5.75 Å². The first-order valence-corrected chi connectivity index (χ1v) is 5.43. The predicted octanol–water partition coefficient (Wildman–Crippen LogP) is 4.06. The summed E-state index contributed by atoms with van der Waals surface area (Å²) in [5, 5.41) is 0.947. The number of ether oxygens (including phenoxy) is 1. The van der Waals surface area contributed by atoms with Crippen molar-refractivity contribution in [3.63, 3.8) is 0 Å². The lowest BCUT2D eigenvalue weighted by Gasteiger charge is -2.10. The molecule has 0 aliphatic heterocycles. The smallest absolute Gasteiger partial charge is 0.129 e. The van der Waals surface area contributed by atoms with Gasteiger partial charge in [-0.05, 0) is 24.3 Å². The molecule has 0 bridgehead atoms. The summed E-state index contributed by atoms with van der Waals surface area (Å²) in [7, 11) is 1.59. The van der Waals surface area contributed by atoms with Crippen molar-refractivity contribution in [3.8, 4) is 17.0 Å². The van der Waals surface area contributed by atoms with E-state index in [0.29, 0.717) is 15.8 Å². The van der Waals surface area contributed by atoms with Crippen molar-refractivity contribution >= 4 is 23.2 Å². The summed E-state index contributed by atoms with van der Waals surface area (Å²) in [4.78, 5) is 4.24. The Morgan fingerprint density at radius 1 is 1.12 bits per heavy atom. The monoisotopic (exact) mass is 253 g/mol. The quantitative estimate of drug-likeness (QED) is 0.806. The molecule has 82 valence electrons. The van der Waals surface area contributed by atoms with Gasteiger partial charge in [-0.1, -0.05) is 29.3 Å². The predicted molar refractivity (Wildman–Crippen MR) is 66.2 cm³/mol. The van der Waals surface area contributed by atoms with E-state index in [9.17, 15) is 0 Å². The Morgan fingerprint density at radius 3 is 2.56 bits per heavy atom. The lowest BCUT2D eigenvalue weighted by molar-refractivity contribution is 0.416. The second-order valence-electron chi connectivity index (χ2n) is 3.15. The molecule has 0 saturated carbocycles. The van der Waals surface area contributed by atoms with E-state index in [1.165, 1.54) is 0 Å². The van der Waals surface area contributed by atoms with Gasteiger partial charge < -0.3 is 4.74 Å². The molecule has 0 unspecified atom stereocenters. The van der Waals surface area contributed by atoms with E-state index >= 15 is 0 Å². The standard InChI is InChI=1S/C12H9Cl2NO/c1-16-10-6-5-8(13)12(14)11(10)9-4-2-3-7-15-9/h2-7H,1H3. The van der Waals surface area contributed by atoms with Gasteiger partial charge in [0.2, 0.25) is 0 Å².